The van der Waals surface area contributed by atoms with Gasteiger partial charge in [0.05, 0.1) is 17.1 Å². The fourth-order valence-corrected chi connectivity index (χ4v) is 7.74. The summed E-state index contributed by atoms with van der Waals surface area (Å²) in [6, 6.07) is 10.5. The second-order valence-electron chi connectivity index (χ2n) is 7.02. The molecular weight excluding hydrogens is 480 g/mol. The van der Waals surface area contributed by atoms with E-state index in [9.17, 15) is 18.0 Å². The molecule has 0 bridgehead atoms. The van der Waals surface area contributed by atoms with Gasteiger partial charge in [0.25, 0.3) is 10.0 Å². The van der Waals surface area contributed by atoms with Gasteiger partial charge in [0, 0.05) is 29.1 Å². The van der Waals surface area contributed by atoms with E-state index in [0.29, 0.717) is 27.7 Å². The van der Waals surface area contributed by atoms with Gasteiger partial charge < -0.3 is 10.1 Å². The fourth-order valence-electron chi connectivity index (χ4n) is 3.55. The zero-order chi connectivity index (χ0) is 22.2. The third-order valence-electron chi connectivity index (χ3n) is 5.18. The van der Waals surface area contributed by atoms with Crippen molar-refractivity contribution in [2.24, 2.45) is 5.92 Å². The first-order valence-electron chi connectivity index (χ1n) is 9.47. The highest BCUT2D eigenvalue weighted by molar-refractivity contribution is 7.91. The van der Waals surface area contributed by atoms with E-state index < -0.39 is 16.0 Å². The molecule has 4 rings (SSSR count). The van der Waals surface area contributed by atoms with Gasteiger partial charge in [-0.25, -0.2) is 13.2 Å². The number of thiophene rings is 2. The second-order valence-corrected chi connectivity index (χ2v) is 12.0. The number of sulfonamides is 1. The summed E-state index contributed by atoms with van der Waals surface area (Å²) < 4.78 is 33.3. The molecule has 0 aliphatic carbocycles. The molecule has 1 fully saturated rings. The van der Waals surface area contributed by atoms with Crippen LogP contribution in [0.25, 0.3) is 10.1 Å². The van der Waals surface area contributed by atoms with Crippen LogP contribution in [0.3, 0.4) is 0 Å². The molecule has 0 unspecified atom stereocenters. The number of rotatable bonds is 5. The van der Waals surface area contributed by atoms with Crippen molar-refractivity contribution in [3.8, 4) is 0 Å². The van der Waals surface area contributed by atoms with Crippen LogP contribution in [0.4, 0.5) is 5.69 Å². The lowest BCUT2D eigenvalue weighted by atomic mass is 9.97. The second kappa shape index (κ2) is 8.87. The molecule has 1 N–H and O–H groups in total. The Morgan fingerprint density at radius 3 is 2.48 bits per heavy atom. The van der Waals surface area contributed by atoms with Gasteiger partial charge in [-0.1, -0.05) is 29.8 Å². The number of amides is 1. The zero-order valence-corrected chi connectivity index (χ0v) is 19.7. The van der Waals surface area contributed by atoms with Crippen LogP contribution in [-0.4, -0.2) is 44.8 Å². The largest absolute Gasteiger partial charge is 0.465 e. The normalized spacial score (nSPS) is 15.8. The number of fused-ring (bicyclic) bond motifs is 1. The van der Waals surface area contributed by atoms with Crippen LogP contribution in [0.1, 0.15) is 22.5 Å². The number of anilines is 1. The molecule has 0 atom stereocenters. The van der Waals surface area contributed by atoms with Crippen molar-refractivity contribution in [1.29, 1.82) is 0 Å². The Bertz CT molecular complexity index is 1240. The summed E-state index contributed by atoms with van der Waals surface area (Å²) in [6.07, 6.45) is 0.777. The van der Waals surface area contributed by atoms with Gasteiger partial charge in [-0.15, -0.1) is 22.7 Å². The lowest BCUT2D eigenvalue weighted by Crippen LogP contribution is -2.41. The maximum Gasteiger partial charge on any atom is 0.350 e. The predicted molar refractivity (Wildman–Crippen MR) is 123 cm³/mol. The third-order valence-corrected chi connectivity index (χ3v) is 9.93. The molecule has 0 spiro atoms. The number of piperidine rings is 1. The lowest BCUT2D eigenvalue weighted by molar-refractivity contribution is -0.120. The van der Waals surface area contributed by atoms with Crippen LogP contribution in [0.2, 0.25) is 4.34 Å². The molecule has 1 aliphatic heterocycles. The third kappa shape index (κ3) is 4.35. The molecule has 0 saturated carbocycles. The molecule has 11 heteroatoms. The van der Waals surface area contributed by atoms with Crippen molar-refractivity contribution >= 4 is 71.9 Å². The monoisotopic (exact) mass is 498 g/mol. The van der Waals surface area contributed by atoms with Crippen LogP contribution in [0.15, 0.2) is 40.6 Å². The first-order chi connectivity index (χ1) is 14.8. The number of benzene rings is 1. The van der Waals surface area contributed by atoms with E-state index in [4.69, 9.17) is 16.3 Å². The molecule has 31 heavy (non-hydrogen) atoms. The molecule has 7 nitrogen and oxygen atoms in total. The molecule has 1 aromatic carbocycles. The van der Waals surface area contributed by atoms with Crippen molar-refractivity contribution in [2.75, 3.05) is 25.5 Å². The Kier molecular flexibility index (Phi) is 6.36. The Morgan fingerprint density at radius 1 is 1.13 bits per heavy atom. The van der Waals surface area contributed by atoms with Crippen molar-refractivity contribution in [3.63, 3.8) is 0 Å². The van der Waals surface area contributed by atoms with Crippen LogP contribution >= 0.6 is 34.3 Å². The highest BCUT2D eigenvalue weighted by atomic mass is 35.5. The van der Waals surface area contributed by atoms with E-state index in [0.717, 1.165) is 21.4 Å². The van der Waals surface area contributed by atoms with Gasteiger partial charge in [-0.3, -0.25) is 4.79 Å². The number of halogens is 1. The average Bonchev–Trinajstić information content (AvgIpc) is 3.38. The maximum atomic E-state index is 13.0. The van der Waals surface area contributed by atoms with Gasteiger partial charge in [0.1, 0.15) is 9.09 Å². The average molecular weight is 499 g/mol. The minimum absolute atomic E-state index is 0.202. The zero-order valence-electron chi connectivity index (χ0n) is 16.5. The van der Waals surface area contributed by atoms with Crippen molar-refractivity contribution in [2.45, 2.75) is 17.1 Å². The number of nitrogens with zero attached hydrogens (tertiary/aromatic N) is 1. The smallest absolute Gasteiger partial charge is 0.350 e. The summed E-state index contributed by atoms with van der Waals surface area (Å²) in [6.45, 7) is 0.481. The number of esters is 1. The van der Waals surface area contributed by atoms with E-state index in [1.807, 2.05) is 24.3 Å². The molecule has 1 saturated heterocycles. The standard InChI is InChI=1S/C20H19ClN2O5S3/c1-28-20(25)18-17(13-4-2-3-5-14(13)29-18)22-19(24)12-8-10-23(11-9-12)31(26,27)16-7-6-15(21)30-16/h2-7,12H,8-11H2,1H3,(H,22,24). The first-order valence-corrected chi connectivity index (χ1v) is 12.9. The molecule has 1 aliphatic rings. The molecule has 0 radical (unpaired) electrons. The highest BCUT2D eigenvalue weighted by Crippen LogP contribution is 2.37. The first kappa shape index (κ1) is 22.2. The lowest BCUT2D eigenvalue weighted by Gasteiger charge is -2.30. The van der Waals surface area contributed by atoms with Crippen molar-refractivity contribution in [1.82, 2.24) is 4.31 Å². The fraction of sp³-hybridized carbons (Fsp3) is 0.300. The molecule has 164 valence electrons. The molecule has 2 aromatic heterocycles. The highest BCUT2D eigenvalue weighted by Gasteiger charge is 2.33. The van der Waals surface area contributed by atoms with Gasteiger partial charge >= 0.3 is 5.97 Å². The summed E-state index contributed by atoms with van der Waals surface area (Å²) in [4.78, 5) is 25.5. The number of hydrogen-bond acceptors (Lipinski definition) is 7. The van der Waals surface area contributed by atoms with E-state index in [-0.39, 0.29) is 29.1 Å². The Labute approximate surface area is 192 Å². The van der Waals surface area contributed by atoms with Gasteiger partial charge in [-0.05, 0) is 31.0 Å². The summed E-state index contributed by atoms with van der Waals surface area (Å²) in [5.74, 6) is -1.10. The summed E-state index contributed by atoms with van der Waals surface area (Å²) in [7, 11) is -2.31. The van der Waals surface area contributed by atoms with Crippen molar-refractivity contribution in [3.05, 3.63) is 45.6 Å². The van der Waals surface area contributed by atoms with E-state index in [2.05, 4.69) is 5.32 Å². The summed E-state index contributed by atoms with van der Waals surface area (Å²) >= 11 is 8.16. The van der Waals surface area contributed by atoms with Crippen LogP contribution in [0, 0.1) is 5.92 Å². The number of nitrogens with one attached hydrogen (secondary N) is 1. The Morgan fingerprint density at radius 2 is 1.84 bits per heavy atom. The number of carbonyl (C=O) groups excluding carboxylic acids is 2. The van der Waals surface area contributed by atoms with E-state index >= 15 is 0 Å². The van der Waals surface area contributed by atoms with E-state index in [1.54, 1.807) is 6.07 Å². The molecule has 3 heterocycles. The number of hydrogen-bond donors (Lipinski definition) is 1. The van der Waals surface area contributed by atoms with E-state index in [1.165, 1.54) is 28.8 Å². The topological polar surface area (TPSA) is 92.8 Å². The van der Waals surface area contributed by atoms with Crippen LogP contribution < -0.4 is 5.32 Å². The van der Waals surface area contributed by atoms with Gasteiger partial charge in [0.2, 0.25) is 5.91 Å². The van der Waals surface area contributed by atoms with Crippen LogP contribution in [0.5, 0.6) is 0 Å². The molecule has 3 aromatic rings. The predicted octanol–water partition coefficient (Wildman–Crippen LogP) is 4.44. The minimum atomic E-state index is -3.61. The SMILES string of the molecule is COC(=O)c1sc2ccccc2c1NC(=O)C1CCN(S(=O)(=O)c2ccc(Cl)s2)CC1. The van der Waals surface area contributed by atoms with Crippen LogP contribution in [-0.2, 0) is 19.6 Å². The quantitative estimate of drug-likeness (QED) is 0.525. The van der Waals surface area contributed by atoms with Gasteiger partial charge in [0.15, 0.2) is 0 Å². The van der Waals surface area contributed by atoms with Gasteiger partial charge in [-0.2, -0.15) is 4.31 Å². The number of methoxy groups -OCH3 is 1. The summed E-state index contributed by atoms with van der Waals surface area (Å²) in [5, 5.41) is 3.67. The minimum Gasteiger partial charge on any atom is -0.465 e. The Balaban J connectivity index is 1.48. The summed E-state index contributed by atoms with van der Waals surface area (Å²) in [5.41, 5.74) is 0.445. The number of carbonyl (C=O) groups is 2. The molecular formula is C20H19ClN2O5S3. The number of ether oxygens (including phenoxy) is 1. The molecule has 1 amide bonds. The Hall–Kier alpha value is -1.98. The van der Waals surface area contributed by atoms with Crippen molar-refractivity contribution < 1.29 is 22.7 Å². The maximum absolute atomic E-state index is 13.0.